The smallest absolute Gasteiger partial charge is 0.416 e. The van der Waals surface area contributed by atoms with Gasteiger partial charge in [0.15, 0.2) is 0 Å². The van der Waals surface area contributed by atoms with Crippen molar-refractivity contribution in [1.29, 1.82) is 0 Å². The number of alkyl halides is 3. The molecule has 0 radical (unpaired) electrons. The van der Waals surface area contributed by atoms with Crippen molar-refractivity contribution in [1.82, 2.24) is 9.78 Å². The Labute approximate surface area is 126 Å². The minimum Gasteiger partial charge on any atom is -0.481 e. The molecule has 2 rings (SSSR count). The minimum absolute atomic E-state index is 0.446. The van der Waals surface area contributed by atoms with Gasteiger partial charge in [-0.2, -0.15) is 18.3 Å². The molecular weight excluding hydrogens is 295 g/mol. The van der Waals surface area contributed by atoms with Crippen LogP contribution in [0, 0.1) is 0 Å². The lowest BCUT2D eigenvalue weighted by Gasteiger charge is -2.10. The van der Waals surface area contributed by atoms with E-state index in [9.17, 15) is 13.2 Å². The summed E-state index contributed by atoms with van der Waals surface area (Å²) in [6.07, 6.45) is -3.06. The number of aryl methyl sites for hydroxylation is 1. The normalized spacial score (nSPS) is 11.7. The van der Waals surface area contributed by atoms with Gasteiger partial charge in [0.25, 0.3) is 0 Å². The zero-order valence-corrected chi connectivity index (χ0v) is 12.4. The maximum Gasteiger partial charge on any atom is 0.416 e. The lowest BCUT2D eigenvalue weighted by molar-refractivity contribution is -0.137. The van der Waals surface area contributed by atoms with Gasteiger partial charge >= 0.3 is 6.18 Å². The number of ether oxygens (including phenoxy) is 1. The zero-order chi connectivity index (χ0) is 16.3. The monoisotopic (exact) mass is 313 g/mol. The average Bonchev–Trinajstić information content (AvgIpc) is 2.84. The van der Waals surface area contributed by atoms with Gasteiger partial charge in [-0.15, -0.1) is 0 Å². The second-order valence-corrected chi connectivity index (χ2v) is 4.78. The van der Waals surface area contributed by atoms with Crippen LogP contribution < -0.4 is 10.5 Å². The molecule has 22 heavy (non-hydrogen) atoms. The summed E-state index contributed by atoms with van der Waals surface area (Å²) >= 11 is 0. The van der Waals surface area contributed by atoms with E-state index in [2.05, 4.69) is 5.10 Å². The first-order chi connectivity index (χ1) is 10.4. The van der Waals surface area contributed by atoms with Crippen molar-refractivity contribution in [2.75, 3.05) is 13.7 Å². The number of rotatable bonds is 5. The molecular formula is C15H18F3N3O. The van der Waals surface area contributed by atoms with Gasteiger partial charge in [-0.3, -0.25) is 0 Å². The molecule has 0 saturated heterocycles. The van der Waals surface area contributed by atoms with Crippen molar-refractivity contribution < 1.29 is 17.9 Å². The summed E-state index contributed by atoms with van der Waals surface area (Å²) in [6, 6.07) is 4.82. The largest absolute Gasteiger partial charge is 0.481 e. The number of aromatic nitrogens is 2. The Morgan fingerprint density at radius 2 is 1.86 bits per heavy atom. The van der Waals surface area contributed by atoms with E-state index in [-0.39, 0.29) is 0 Å². The highest BCUT2D eigenvalue weighted by molar-refractivity contribution is 5.43. The first kappa shape index (κ1) is 16.4. The highest BCUT2D eigenvalue weighted by Crippen LogP contribution is 2.31. The molecule has 0 aliphatic heterocycles. The molecule has 1 aromatic carbocycles. The average molecular weight is 313 g/mol. The van der Waals surface area contributed by atoms with Gasteiger partial charge in [-0.25, -0.2) is 4.68 Å². The predicted octanol–water partition coefficient (Wildman–Crippen LogP) is 2.96. The van der Waals surface area contributed by atoms with Gasteiger partial charge < -0.3 is 10.5 Å². The first-order valence-corrected chi connectivity index (χ1v) is 6.94. The van der Waals surface area contributed by atoms with Crippen molar-refractivity contribution in [2.45, 2.75) is 25.9 Å². The van der Waals surface area contributed by atoms with Gasteiger partial charge in [0.1, 0.15) is 0 Å². The lowest BCUT2D eigenvalue weighted by atomic mass is 10.1. The molecule has 0 aliphatic rings. The van der Waals surface area contributed by atoms with E-state index in [1.54, 1.807) is 0 Å². The van der Waals surface area contributed by atoms with Crippen LogP contribution in [-0.2, 0) is 19.0 Å². The van der Waals surface area contributed by atoms with Crippen LogP contribution in [0.2, 0.25) is 0 Å². The first-order valence-electron chi connectivity index (χ1n) is 6.94. The van der Waals surface area contributed by atoms with E-state index in [0.717, 1.165) is 23.4 Å². The Kier molecular flexibility index (Phi) is 4.75. The fourth-order valence-electron chi connectivity index (χ4n) is 2.33. The molecule has 0 atom stereocenters. The fraction of sp³-hybridized carbons (Fsp3) is 0.400. The van der Waals surface area contributed by atoms with E-state index in [0.29, 0.717) is 31.0 Å². The number of methoxy groups -OCH3 is 1. The molecule has 1 aromatic heterocycles. The lowest BCUT2D eigenvalue weighted by Crippen LogP contribution is -2.07. The quantitative estimate of drug-likeness (QED) is 0.923. The topological polar surface area (TPSA) is 53.1 Å². The van der Waals surface area contributed by atoms with Crippen molar-refractivity contribution in [3.05, 3.63) is 41.1 Å². The SMILES string of the molecule is CCc1nn(-c2ccc(C(F)(F)F)cc2)c(OC)c1CCN. The van der Waals surface area contributed by atoms with Crippen LogP contribution in [0.25, 0.3) is 5.69 Å². The van der Waals surface area contributed by atoms with Gasteiger partial charge in [0.2, 0.25) is 5.88 Å². The molecule has 4 nitrogen and oxygen atoms in total. The second kappa shape index (κ2) is 6.39. The van der Waals surface area contributed by atoms with Crippen LogP contribution in [0.1, 0.15) is 23.7 Å². The highest BCUT2D eigenvalue weighted by atomic mass is 19.4. The van der Waals surface area contributed by atoms with Crippen molar-refractivity contribution in [3.8, 4) is 11.6 Å². The molecule has 120 valence electrons. The van der Waals surface area contributed by atoms with Gasteiger partial charge in [0, 0.05) is 5.56 Å². The van der Waals surface area contributed by atoms with Gasteiger partial charge in [-0.05, 0) is 43.7 Å². The maximum atomic E-state index is 12.6. The third-order valence-corrected chi connectivity index (χ3v) is 3.38. The summed E-state index contributed by atoms with van der Waals surface area (Å²) in [5, 5.41) is 4.44. The van der Waals surface area contributed by atoms with Crippen LogP contribution in [0.15, 0.2) is 24.3 Å². The van der Waals surface area contributed by atoms with Crippen LogP contribution in [0.4, 0.5) is 13.2 Å². The van der Waals surface area contributed by atoms with E-state index in [1.807, 2.05) is 6.92 Å². The van der Waals surface area contributed by atoms with E-state index < -0.39 is 11.7 Å². The summed E-state index contributed by atoms with van der Waals surface area (Å²) in [4.78, 5) is 0. The van der Waals surface area contributed by atoms with Crippen molar-refractivity contribution in [2.24, 2.45) is 5.73 Å². The Balaban J connectivity index is 2.48. The van der Waals surface area contributed by atoms with E-state index in [4.69, 9.17) is 10.5 Å². The van der Waals surface area contributed by atoms with Crippen LogP contribution in [-0.4, -0.2) is 23.4 Å². The molecule has 1 heterocycles. The van der Waals surface area contributed by atoms with Crippen LogP contribution in [0.3, 0.4) is 0 Å². The number of nitrogens with zero attached hydrogens (tertiary/aromatic N) is 2. The second-order valence-electron chi connectivity index (χ2n) is 4.78. The Morgan fingerprint density at radius 3 is 2.32 bits per heavy atom. The van der Waals surface area contributed by atoms with Crippen LogP contribution in [0.5, 0.6) is 5.88 Å². The molecule has 2 aromatic rings. The number of halogens is 3. The summed E-state index contributed by atoms with van der Waals surface area (Å²) in [7, 11) is 1.51. The molecule has 0 amide bonds. The molecule has 0 aliphatic carbocycles. The molecule has 7 heteroatoms. The molecule has 0 spiro atoms. The Bertz CT molecular complexity index is 633. The summed E-state index contributed by atoms with van der Waals surface area (Å²) in [5.41, 5.74) is 7.16. The molecule has 0 saturated carbocycles. The summed E-state index contributed by atoms with van der Waals surface area (Å²) in [6.45, 7) is 2.40. The van der Waals surface area contributed by atoms with E-state index in [1.165, 1.54) is 23.9 Å². The van der Waals surface area contributed by atoms with Gasteiger partial charge in [0.05, 0.1) is 24.1 Å². The molecule has 2 N–H and O–H groups in total. The highest BCUT2D eigenvalue weighted by Gasteiger charge is 2.30. The Hall–Kier alpha value is -2.02. The van der Waals surface area contributed by atoms with Crippen molar-refractivity contribution in [3.63, 3.8) is 0 Å². The third kappa shape index (κ3) is 3.09. The van der Waals surface area contributed by atoms with E-state index >= 15 is 0 Å². The molecule has 0 fully saturated rings. The van der Waals surface area contributed by atoms with Crippen LogP contribution >= 0.6 is 0 Å². The standard InChI is InChI=1S/C15H18F3N3O/c1-3-13-12(8-9-19)14(22-2)21(20-13)11-6-4-10(5-7-11)15(16,17)18/h4-7H,3,8-9,19H2,1-2H3. The molecule has 0 bridgehead atoms. The summed E-state index contributed by atoms with van der Waals surface area (Å²) < 4.78 is 44.8. The summed E-state index contributed by atoms with van der Waals surface area (Å²) in [5.74, 6) is 0.516. The number of nitrogens with two attached hydrogens (primary N) is 1. The number of benzene rings is 1. The number of hydrogen-bond donors (Lipinski definition) is 1. The van der Waals surface area contributed by atoms with Crippen molar-refractivity contribution >= 4 is 0 Å². The number of hydrogen-bond acceptors (Lipinski definition) is 3. The molecule has 0 unspecified atom stereocenters. The Morgan fingerprint density at radius 1 is 1.23 bits per heavy atom. The van der Waals surface area contributed by atoms with Gasteiger partial charge in [-0.1, -0.05) is 6.92 Å². The fourth-order valence-corrected chi connectivity index (χ4v) is 2.33. The zero-order valence-electron chi connectivity index (χ0n) is 12.4. The maximum absolute atomic E-state index is 12.6. The predicted molar refractivity (Wildman–Crippen MR) is 77.3 cm³/mol. The minimum atomic E-state index is -4.36. The third-order valence-electron chi connectivity index (χ3n) is 3.38.